The number of aliphatic imine (C=N–C) groups is 1. The van der Waals surface area contributed by atoms with Crippen LogP contribution in [0.2, 0.25) is 0 Å². The Balaban J connectivity index is 2.09. The first-order valence-electron chi connectivity index (χ1n) is 8.25. The number of carbonyl (C=O) groups excluding carboxylic acids is 1. The first-order chi connectivity index (χ1) is 11.7. The predicted octanol–water partition coefficient (Wildman–Crippen LogP) is 2.39. The van der Waals surface area contributed by atoms with Gasteiger partial charge in [0.25, 0.3) is 0 Å². The number of thioether (sulfide) groups is 1. The molecule has 0 bridgehead atoms. The van der Waals surface area contributed by atoms with Crippen LogP contribution in [0.4, 0.5) is 4.39 Å². The molecule has 0 unspecified atom stereocenters. The van der Waals surface area contributed by atoms with Crippen molar-refractivity contribution in [1.82, 2.24) is 16.0 Å². The molecule has 0 aliphatic rings. The molecule has 1 aromatic carbocycles. The van der Waals surface area contributed by atoms with Crippen LogP contribution in [0.15, 0.2) is 34.2 Å². The summed E-state index contributed by atoms with van der Waals surface area (Å²) in [5.74, 6) is 1.48. The van der Waals surface area contributed by atoms with E-state index in [1.54, 1.807) is 30.9 Å². The van der Waals surface area contributed by atoms with E-state index >= 15 is 0 Å². The quantitative estimate of drug-likeness (QED) is 0.261. The predicted molar refractivity (Wildman–Crippen MR) is 99.0 cm³/mol. The number of guanidine groups is 1. The summed E-state index contributed by atoms with van der Waals surface area (Å²) < 4.78 is 12.8. The van der Waals surface area contributed by atoms with E-state index in [-0.39, 0.29) is 11.7 Å². The van der Waals surface area contributed by atoms with Crippen molar-refractivity contribution in [1.29, 1.82) is 0 Å². The highest BCUT2D eigenvalue weighted by Crippen LogP contribution is 2.18. The zero-order valence-electron chi connectivity index (χ0n) is 14.4. The number of hydrogen-bond acceptors (Lipinski definition) is 3. The average molecular weight is 354 g/mol. The van der Waals surface area contributed by atoms with Crippen LogP contribution < -0.4 is 16.0 Å². The van der Waals surface area contributed by atoms with Gasteiger partial charge in [-0.25, -0.2) is 4.39 Å². The van der Waals surface area contributed by atoms with Gasteiger partial charge in [-0.2, -0.15) is 0 Å². The zero-order valence-corrected chi connectivity index (χ0v) is 15.2. The molecule has 7 heteroatoms. The summed E-state index contributed by atoms with van der Waals surface area (Å²) in [6.45, 7) is 4.09. The molecule has 0 aliphatic heterocycles. The molecule has 0 spiro atoms. The number of nitrogens with zero attached hydrogens (tertiary/aromatic N) is 1. The van der Waals surface area contributed by atoms with Crippen LogP contribution in [0, 0.1) is 5.82 Å². The van der Waals surface area contributed by atoms with Crippen LogP contribution in [0.1, 0.15) is 26.2 Å². The maximum Gasteiger partial charge on any atom is 0.221 e. The second-order valence-electron chi connectivity index (χ2n) is 5.18. The van der Waals surface area contributed by atoms with Crippen molar-refractivity contribution in [3.8, 4) is 0 Å². The largest absolute Gasteiger partial charge is 0.356 e. The molecule has 0 aromatic heterocycles. The number of carbonyl (C=O) groups is 1. The lowest BCUT2D eigenvalue weighted by atomic mass is 10.3. The molecule has 0 saturated carbocycles. The molecule has 3 N–H and O–H groups in total. The molecule has 0 atom stereocenters. The third-order valence-electron chi connectivity index (χ3n) is 3.14. The van der Waals surface area contributed by atoms with Gasteiger partial charge in [0.05, 0.1) is 0 Å². The Morgan fingerprint density at radius 2 is 1.83 bits per heavy atom. The molecular formula is C17H27FN4OS. The molecule has 0 saturated heterocycles. The van der Waals surface area contributed by atoms with Crippen molar-refractivity contribution < 1.29 is 9.18 Å². The Hall–Kier alpha value is -1.76. The summed E-state index contributed by atoms with van der Waals surface area (Å²) in [5.41, 5.74) is 0. The summed E-state index contributed by atoms with van der Waals surface area (Å²) in [6, 6.07) is 6.53. The molecule has 24 heavy (non-hydrogen) atoms. The molecule has 0 heterocycles. The van der Waals surface area contributed by atoms with E-state index in [0.717, 1.165) is 36.6 Å². The van der Waals surface area contributed by atoms with E-state index in [0.29, 0.717) is 18.9 Å². The van der Waals surface area contributed by atoms with E-state index in [1.165, 1.54) is 12.1 Å². The maximum absolute atomic E-state index is 12.8. The van der Waals surface area contributed by atoms with E-state index < -0.39 is 0 Å². The Morgan fingerprint density at radius 3 is 2.50 bits per heavy atom. The van der Waals surface area contributed by atoms with Crippen molar-refractivity contribution >= 4 is 23.6 Å². The highest BCUT2D eigenvalue weighted by atomic mass is 32.2. The lowest BCUT2D eigenvalue weighted by Gasteiger charge is -2.11. The minimum Gasteiger partial charge on any atom is -0.356 e. The van der Waals surface area contributed by atoms with Gasteiger partial charge in [0.15, 0.2) is 5.96 Å². The number of benzene rings is 1. The van der Waals surface area contributed by atoms with Crippen molar-refractivity contribution in [3.05, 3.63) is 30.1 Å². The van der Waals surface area contributed by atoms with Crippen molar-refractivity contribution in [2.75, 3.05) is 32.4 Å². The van der Waals surface area contributed by atoms with Crippen LogP contribution in [0.3, 0.4) is 0 Å². The standard InChI is InChI=1S/C17H27FN4OS/c1-3-10-20-16(23)9-12-22-17(19-2)21-11-4-13-24-15-7-5-14(18)6-8-15/h5-8H,3-4,9-13H2,1-2H3,(H,20,23)(H2,19,21,22). The normalized spacial score (nSPS) is 11.2. The van der Waals surface area contributed by atoms with E-state index in [2.05, 4.69) is 20.9 Å². The lowest BCUT2D eigenvalue weighted by Crippen LogP contribution is -2.39. The van der Waals surface area contributed by atoms with E-state index in [1.807, 2.05) is 6.92 Å². The van der Waals surface area contributed by atoms with Gasteiger partial charge < -0.3 is 16.0 Å². The van der Waals surface area contributed by atoms with Crippen LogP contribution in [-0.4, -0.2) is 44.3 Å². The smallest absolute Gasteiger partial charge is 0.221 e. The Kier molecular flexibility index (Phi) is 10.7. The highest BCUT2D eigenvalue weighted by Gasteiger charge is 2.02. The maximum atomic E-state index is 12.8. The second kappa shape index (κ2) is 12.6. The second-order valence-corrected chi connectivity index (χ2v) is 6.35. The Morgan fingerprint density at radius 1 is 1.12 bits per heavy atom. The molecule has 5 nitrogen and oxygen atoms in total. The Labute approximate surface area is 147 Å². The minimum atomic E-state index is -0.209. The minimum absolute atomic E-state index is 0.0514. The first kappa shape index (κ1) is 20.3. The van der Waals surface area contributed by atoms with Gasteiger partial charge in [-0.15, -0.1) is 11.8 Å². The number of hydrogen-bond donors (Lipinski definition) is 3. The van der Waals surface area contributed by atoms with Gasteiger partial charge in [0.2, 0.25) is 5.91 Å². The fourth-order valence-corrected chi connectivity index (χ4v) is 2.72. The molecule has 1 aromatic rings. The molecule has 0 radical (unpaired) electrons. The molecule has 0 fully saturated rings. The molecule has 1 rings (SSSR count). The van der Waals surface area contributed by atoms with Gasteiger partial charge in [0, 0.05) is 38.0 Å². The fraction of sp³-hybridized carbons (Fsp3) is 0.529. The lowest BCUT2D eigenvalue weighted by molar-refractivity contribution is -0.120. The van der Waals surface area contributed by atoms with Gasteiger partial charge in [-0.1, -0.05) is 6.92 Å². The average Bonchev–Trinajstić information content (AvgIpc) is 2.59. The summed E-state index contributed by atoms with van der Waals surface area (Å²) in [4.78, 5) is 16.7. The van der Waals surface area contributed by atoms with Crippen LogP contribution in [0.5, 0.6) is 0 Å². The number of rotatable bonds is 10. The number of amides is 1. The van der Waals surface area contributed by atoms with Crippen molar-refractivity contribution in [2.24, 2.45) is 4.99 Å². The highest BCUT2D eigenvalue weighted by molar-refractivity contribution is 7.99. The Bertz CT molecular complexity index is 508. The van der Waals surface area contributed by atoms with Gasteiger partial charge in [-0.05, 0) is 42.9 Å². The first-order valence-corrected chi connectivity index (χ1v) is 9.24. The van der Waals surface area contributed by atoms with Crippen molar-refractivity contribution in [2.45, 2.75) is 31.1 Å². The number of nitrogens with one attached hydrogen (secondary N) is 3. The topological polar surface area (TPSA) is 65.5 Å². The SMILES string of the molecule is CCCNC(=O)CCNC(=NC)NCCCSc1ccc(F)cc1. The van der Waals surface area contributed by atoms with Gasteiger partial charge in [-0.3, -0.25) is 9.79 Å². The molecule has 0 aliphatic carbocycles. The molecule has 1 amide bonds. The summed E-state index contributed by atoms with van der Waals surface area (Å²) in [5, 5.41) is 9.17. The monoisotopic (exact) mass is 354 g/mol. The van der Waals surface area contributed by atoms with E-state index in [9.17, 15) is 9.18 Å². The van der Waals surface area contributed by atoms with Gasteiger partial charge >= 0.3 is 0 Å². The molecule has 134 valence electrons. The summed E-state index contributed by atoms with van der Waals surface area (Å²) in [6.07, 6.45) is 2.33. The summed E-state index contributed by atoms with van der Waals surface area (Å²) in [7, 11) is 1.71. The summed E-state index contributed by atoms with van der Waals surface area (Å²) >= 11 is 1.70. The third kappa shape index (κ3) is 9.39. The van der Waals surface area contributed by atoms with Crippen LogP contribution >= 0.6 is 11.8 Å². The van der Waals surface area contributed by atoms with Crippen LogP contribution in [-0.2, 0) is 4.79 Å². The third-order valence-corrected chi connectivity index (χ3v) is 4.23. The molecular weight excluding hydrogens is 327 g/mol. The van der Waals surface area contributed by atoms with Crippen LogP contribution in [0.25, 0.3) is 0 Å². The van der Waals surface area contributed by atoms with Gasteiger partial charge in [0.1, 0.15) is 5.82 Å². The fourth-order valence-electron chi connectivity index (χ4n) is 1.87. The van der Waals surface area contributed by atoms with Crippen molar-refractivity contribution in [3.63, 3.8) is 0 Å². The van der Waals surface area contributed by atoms with E-state index in [4.69, 9.17) is 0 Å². The number of halogens is 1. The zero-order chi connectivity index (χ0) is 17.6.